The van der Waals surface area contributed by atoms with E-state index in [0.717, 1.165) is 29.2 Å². The Hall–Kier alpha value is -2.50. The molecule has 110 valence electrons. The van der Waals surface area contributed by atoms with Gasteiger partial charge in [-0.1, -0.05) is 11.6 Å². The van der Waals surface area contributed by atoms with E-state index < -0.39 is 0 Å². The first kappa shape index (κ1) is 14.9. The lowest BCUT2D eigenvalue weighted by Crippen LogP contribution is -2.17. The zero-order valence-electron chi connectivity index (χ0n) is 12.7. The van der Waals surface area contributed by atoms with Gasteiger partial charge in [0.15, 0.2) is 0 Å². The summed E-state index contributed by atoms with van der Waals surface area (Å²) in [5.41, 5.74) is 3.87. The molecule has 6 nitrogen and oxygen atoms in total. The van der Waals surface area contributed by atoms with E-state index in [1.165, 1.54) is 0 Å². The molecule has 0 aliphatic carbocycles. The van der Waals surface area contributed by atoms with Crippen LogP contribution in [0.4, 0.5) is 11.6 Å². The van der Waals surface area contributed by atoms with Crippen LogP contribution in [0.2, 0.25) is 0 Å². The third-order valence-electron chi connectivity index (χ3n) is 3.10. The van der Waals surface area contributed by atoms with Crippen LogP contribution >= 0.6 is 0 Å². The number of aromatic nitrogens is 3. The van der Waals surface area contributed by atoms with Gasteiger partial charge >= 0.3 is 0 Å². The minimum Gasteiger partial charge on any atom is -0.385 e. The van der Waals surface area contributed by atoms with E-state index >= 15 is 0 Å². The average Bonchev–Trinajstić information content (AvgIpc) is 2.45. The maximum absolute atomic E-state index is 12.4. The Morgan fingerprint density at radius 2 is 1.90 bits per heavy atom. The summed E-state index contributed by atoms with van der Waals surface area (Å²) in [4.78, 5) is 16.6. The summed E-state index contributed by atoms with van der Waals surface area (Å²) in [6.07, 6.45) is 0. The van der Waals surface area contributed by atoms with E-state index in [2.05, 4.69) is 25.8 Å². The Balaban J connectivity index is 2.27. The Morgan fingerprint density at radius 3 is 2.57 bits per heavy atom. The number of aryl methyl sites for hydroxylation is 3. The van der Waals surface area contributed by atoms with Gasteiger partial charge in [-0.05, 0) is 39.8 Å². The van der Waals surface area contributed by atoms with Gasteiger partial charge in [-0.3, -0.25) is 10.1 Å². The van der Waals surface area contributed by atoms with E-state index in [4.69, 9.17) is 0 Å². The van der Waals surface area contributed by atoms with Crippen molar-refractivity contribution < 1.29 is 4.79 Å². The summed E-state index contributed by atoms with van der Waals surface area (Å²) in [6, 6.07) is 5.69. The zero-order chi connectivity index (χ0) is 15.4. The minimum atomic E-state index is -0.250. The van der Waals surface area contributed by atoms with Gasteiger partial charge in [0.2, 0.25) is 5.95 Å². The summed E-state index contributed by atoms with van der Waals surface area (Å²) in [7, 11) is 0. The monoisotopic (exact) mass is 285 g/mol. The molecule has 21 heavy (non-hydrogen) atoms. The number of amides is 1. The molecule has 1 aromatic heterocycles. The van der Waals surface area contributed by atoms with Gasteiger partial charge in [-0.15, -0.1) is 5.10 Å². The lowest BCUT2D eigenvalue weighted by molar-refractivity contribution is 0.102. The normalized spacial score (nSPS) is 10.3. The van der Waals surface area contributed by atoms with Gasteiger partial charge in [-0.2, -0.15) is 5.10 Å². The number of carbonyl (C=O) groups is 1. The molecule has 0 atom stereocenters. The molecule has 1 heterocycles. The van der Waals surface area contributed by atoms with Crippen molar-refractivity contribution in [3.63, 3.8) is 0 Å². The van der Waals surface area contributed by atoms with Gasteiger partial charge in [0.1, 0.15) is 0 Å². The van der Waals surface area contributed by atoms with Crippen LogP contribution in [0.5, 0.6) is 0 Å². The van der Waals surface area contributed by atoms with Gasteiger partial charge < -0.3 is 5.32 Å². The summed E-state index contributed by atoms with van der Waals surface area (Å²) < 4.78 is 0. The average molecular weight is 285 g/mol. The highest BCUT2D eigenvalue weighted by atomic mass is 16.1. The Bertz CT molecular complexity index is 669. The molecule has 0 radical (unpaired) electrons. The van der Waals surface area contributed by atoms with Gasteiger partial charge in [0.05, 0.1) is 17.0 Å². The Labute approximate surface area is 124 Å². The Kier molecular flexibility index (Phi) is 4.47. The molecule has 0 saturated carbocycles. The van der Waals surface area contributed by atoms with Crippen molar-refractivity contribution in [2.24, 2.45) is 0 Å². The number of hydrogen-bond acceptors (Lipinski definition) is 5. The van der Waals surface area contributed by atoms with Gasteiger partial charge in [-0.25, -0.2) is 4.98 Å². The lowest BCUT2D eigenvalue weighted by Gasteiger charge is -2.11. The smallest absolute Gasteiger partial charge is 0.260 e. The number of hydrogen-bond donors (Lipinski definition) is 2. The SMILES string of the molecule is CCNc1ccc(C)cc1C(=O)Nc1nnc(C)c(C)n1. The predicted octanol–water partition coefficient (Wildman–Crippen LogP) is 2.48. The van der Waals surface area contributed by atoms with E-state index in [9.17, 15) is 4.79 Å². The van der Waals surface area contributed by atoms with Crippen LogP contribution in [0.15, 0.2) is 18.2 Å². The predicted molar refractivity (Wildman–Crippen MR) is 82.6 cm³/mol. The molecule has 1 amide bonds. The largest absolute Gasteiger partial charge is 0.385 e. The fourth-order valence-corrected chi connectivity index (χ4v) is 1.87. The first-order valence-corrected chi connectivity index (χ1v) is 6.85. The van der Waals surface area contributed by atoms with Gasteiger partial charge in [0.25, 0.3) is 5.91 Å². The van der Waals surface area contributed by atoms with E-state index in [-0.39, 0.29) is 11.9 Å². The summed E-state index contributed by atoms with van der Waals surface area (Å²) in [5, 5.41) is 13.7. The van der Waals surface area contributed by atoms with Crippen molar-refractivity contribution in [1.82, 2.24) is 15.2 Å². The highest BCUT2D eigenvalue weighted by Gasteiger charge is 2.13. The number of nitrogens with zero attached hydrogens (tertiary/aromatic N) is 3. The summed E-state index contributed by atoms with van der Waals surface area (Å²) >= 11 is 0. The molecule has 0 aliphatic rings. The molecule has 0 unspecified atom stereocenters. The number of benzene rings is 1. The number of anilines is 2. The van der Waals surface area contributed by atoms with Crippen LogP contribution in [0, 0.1) is 20.8 Å². The van der Waals surface area contributed by atoms with Crippen molar-refractivity contribution in [2.75, 3.05) is 17.2 Å². The maximum Gasteiger partial charge on any atom is 0.260 e. The minimum absolute atomic E-state index is 0.215. The van der Waals surface area contributed by atoms with Crippen molar-refractivity contribution in [2.45, 2.75) is 27.7 Å². The maximum atomic E-state index is 12.4. The number of nitrogens with one attached hydrogen (secondary N) is 2. The number of rotatable bonds is 4. The van der Waals surface area contributed by atoms with Gasteiger partial charge in [0, 0.05) is 12.2 Å². The second-order valence-electron chi connectivity index (χ2n) is 4.84. The summed E-state index contributed by atoms with van der Waals surface area (Å²) in [6.45, 7) is 8.32. The molecule has 0 spiro atoms. The standard InChI is InChI=1S/C15H19N5O/c1-5-16-13-7-6-9(2)8-12(13)14(21)18-15-17-10(3)11(4)19-20-15/h6-8,16H,5H2,1-4H3,(H,17,18,20,21). The second-order valence-corrected chi connectivity index (χ2v) is 4.84. The van der Waals surface area contributed by atoms with Crippen LogP contribution in [0.3, 0.4) is 0 Å². The fraction of sp³-hybridized carbons (Fsp3) is 0.333. The van der Waals surface area contributed by atoms with Crippen LogP contribution < -0.4 is 10.6 Å². The third kappa shape index (κ3) is 3.53. The molecule has 2 aromatic rings. The highest BCUT2D eigenvalue weighted by molar-refractivity contribution is 6.07. The molecule has 2 N–H and O–H groups in total. The fourth-order valence-electron chi connectivity index (χ4n) is 1.87. The van der Waals surface area contributed by atoms with Crippen LogP contribution in [0.1, 0.15) is 34.2 Å². The topological polar surface area (TPSA) is 79.8 Å². The molecule has 0 aliphatic heterocycles. The molecule has 0 fully saturated rings. The lowest BCUT2D eigenvalue weighted by atomic mass is 10.1. The Morgan fingerprint density at radius 1 is 1.14 bits per heavy atom. The summed E-state index contributed by atoms with van der Waals surface area (Å²) in [5.74, 6) is -0.0354. The molecular weight excluding hydrogens is 266 g/mol. The van der Waals surface area contributed by atoms with E-state index in [1.807, 2.05) is 45.9 Å². The molecule has 0 saturated heterocycles. The van der Waals surface area contributed by atoms with Crippen LogP contribution in [0.25, 0.3) is 0 Å². The van der Waals surface area contributed by atoms with E-state index in [1.54, 1.807) is 0 Å². The zero-order valence-corrected chi connectivity index (χ0v) is 12.7. The van der Waals surface area contributed by atoms with Crippen molar-refractivity contribution in [3.05, 3.63) is 40.7 Å². The second kappa shape index (κ2) is 6.30. The van der Waals surface area contributed by atoms with E-state index in [0.29, 0.717) is 5.56 Å². The van der Waals surface area contributed by atoms with Crippen molar-refractivity contribution in [1.29, 1.82) is 0 Å². The van der Waals surface area contributed by atoms with Crippen LogP contribution in [-0.2, 0) is 0 Å². The molecular formula is C15H19N5O. The molecule has 6 heteroatoms. The highest BCUT2D eigenvalue weighted by Crippen LogP contribution is 2.18. The van der Waals surface area contributed by atoms with Crippen molar-refractivity contribution >= 4 is 17.5 Å². The quantitative estimate of drug-likeness (QED) is 0.902. The van der Waals surface area contributed by atoms with Crippen molar-refractivity contribution in [3.8, 4) is 0 Å². The molecule has 1 aromatic carbocycles. The number of carbonyl (C=O) groups excluding carboxylic acids is 1. The third-order valence-corrected chi connectivity index (χ3v) is 3.10. The first-order chi connectivity index (χ1) is 10.0. The first-order valence-electron chi connectivity index (χ1n) is 6.85. The molecule has 0 bridgehead atoms. The molecule has 2 rings (SSSR count). The van der Waals surface area contributed by atoms with Crippen LogP contribution in [-0.4, -0.2) is 27.6 Å².